The lowest BCUT2D eigenvalue weighted by Crippen LogP contribution is -2.44. The monoisotopic (exact) mass is 293 g/mol. The van der Waals surface area contributed by atoms with Crippen LogP contribution in [-0.2, 0) is 5.41 Å². The predicted octanol–water partition coefficient (Wildman–Crippen LogP) is 3.41. The molecule has 1 rings (SSSR count). The molecule has 0 fully saturated rings. The van der Waals surface area contributed by atoms with Gasteiger partial charge in [-0.3, -0.25) is 4.99 Å². The summed E-state index contributed by atoms with van der Waals surface area (Å²) >= 11 is 0. The molecular weight excluding hydrogens is 265 g/mol. The van der Waals surface area contributed by atoms with Crippen molar-refractivity contribution in [3.05, 3.63) is 35.6 Å². The van der Waals surface area contributed by atoms with Crippen molar-refractivity contribution >= 4 is 5.96 Å². The fraction of sp³-hybridized carbons (Fsp3) is 0.588. The third-order valence-electron chi connectivity index (χ3n) is 3.71. The van der Waals surface area contributed by atoms with E-state index in [0.717, 1.165) is 30.9 Å². The zero-order valence-electron chi connectivity index (χ0n) is 13.9. The summed E-state index contributed by atoms with van der Waals surface area (Å²) in [6.45, 7) is 7.86. The Morgan fingerprint density at radius 3 is 2.57 bits per heavy atom. The number of hydrogen-bond donors (Lipinski definition) is 1. The van der Waals surface area contributed by atoms with Crippen molar-refractivity contribution in [3.63, 3.8) is 0 Å². The molecule has 0 atom stereocenters. The van der Waals surface area contributed by atoms with Crippen molar-refractivity contribution in [3.8, 4) is 0 Å². The molecule has 1 N–H and O–H groups in total. The molecule has 0 aliphatic heterocycles. The Morgan fingerprint density at radius 1 is 1.33 bits per heavy atom. The Morgan fingerprint density at radius 2 is 2.00 bits per heavy atom. The van der Waals surface area contributed by atoms with Crippen LogP contribution in [0.2, 0.25) is 0 Å². The highest BCUT2D eigenvalue weighted by Gasteiger charge is 2.24. The number of guanidine groups is 1. The van der Waals surface area contributed by atoms with Crippen LogP contribution in [0.25, 0.3) is 0 Å². The van der Waals surface area contributed by atoms with Crippen LogP contribution in [0.15, 0.2) is 29.3 Å². The van der Waals surface area contributed by atoms with Gasteiger partial charge in [-0.25, -0.2) is 4.39 Å². The minimum Gasteiger partial charge on any atom is -0.355 e. The lowest BCUT2D eigenvalue weighted by Gasteiger charge is -2.29. The third kappa shape index (κ3) is 5.03. The van der Waals surface area contributed by atoms with Gasteiger partial charge in [0, 0.05) is 32.6 Å². The molecule has 0 saturated carbocycles. The van der Waals surface area contributed by atoms with E-state index >= 15 is 0 Å². The maximum atomic E-state index is 13.9. The van der Waals surface area contributed by atoms with E-state index in [1.165, 1.54) is 6.07 Å². The maximum Gasteiger partial charge on any atom is 0.193 e. The van der Waals surface area contributed by atoms with Crippen LogP contribution in [-0.4, -0.2) is 38.0 Å². The van der Waals surface area contributed by atoms with E-state index < -0.39 is 0 Å². The summed E-state index contributed by atoms with van der Waals surface area (Å²) in [6.07, 6.45) is 2.29. The van der Waals surface area contributed by atoms with Crippen LogP contribution in [0, 0.1) is 5.82 Å². The highest BCUT2D eigenvalue weighted by atomic mass is 19.1. The van der Waals surface area contributed by atoms with Gasteiger partial charge in [0.1, 0.15) is 5.82 Å². The lowest BCUT2D eigenvalue weighted by molar-refractivity contribution is 0.434. The summed E-state index contributed by atoms with van der Waals surface area (Å²) in [6, 6.07) is 6.96. The third-order valence-corrected chi connectivity index (χ3v) is 3.71. The van der Waals surface area contributed by atoms with E-state index in [0.29, 0.717) is 6.54 Å². The van der Waals surface area contributed by atoms with E-state index in [1.807, 2.05) is 33.0 Å². The molecule has 118 valence electrons. The van der Waals surface area contributed by atoms with Gasteiger partial charge in [-0.2, -0.15) is 0 Å². The van der Waals surface area contributed by atoms with Gasteiger partial charge in [0.2, 0.25) is 0 Å². The molecule has 0 amide bonds. The zero-order valence-corrected chi connectivity index (χ0v) is 13.9. The second-order valence-electron chi connectivity index (χ2n) is 6.04. The number of nitrogens with one attached hydrogen (secondary N) is 1. The first-order valence-electron chi connectivity index (χ1n) is 7.59. The number of unbranched alkanes of at least 4 members (excludes halogenated alkanes) is 1. The Balaban J connectivity index is 2.70. The van der Waals surface area contributed by atoms with Crippen molar-refractivity contribution in [1.29, 1.82) is 0 Å². The summed E-state index contributed by atoms with van der Waals surface area (Å²) < 4.78 is 13.9. The van der Waals surface area contributed by atoms with Gasteiger partial charge in [-0.15, -0.1) is 0 Å². The van der Waals surface area contributed by atoms with Crippen molar-refractivity contribution in [1.82, 2.24) is 10.2 Å². The van der Waals surface area contributed by atoms with E-state index in [1.54, 1.807) is 13.1 Å². The van der Waals surface area contributed by atoms with Gasteiger partial charge >= 0.3 is 0 Å². The van der Waals surface area contributed by atoms with Crippen LogP contribution in [0.3, 0.4) is 0 Å². The summed E-state index contributed by atoms with van der Waals surface area (Å²) in [7, 11) is 3.81. The number of halogens is 1. The first-order chi connectivity index (χ1) is 9.92. The van der Waals surface area contributed by atoms with Crippen LogP contribution in [0.4, 0.5) is 4.39 Å². The molecule has 0 bridgehead atoms. The fourth-order valence-electron chi connectivity index (χ4n) is 2.29. The van der Waals surface area contributed by atoms with Gasteiger partial charge < -0.3 is 10.2 Å². The van der Waals surface area contributed by atoms with Gasteiger partial charge in [-0.1, -0.05) is 45.4 Å². The highest BCUT2D eigenvalue weighted by Crippen LogP contribution is 2.24. The standard InChI is InChI=1S/C17H28FN3/c1-6-7-12-21(5)16(19-4)20-13-17(2,3)14-10-8-9-11-15(14)18/h8-11H,6-7,12-13H2,1-5H3,(H,19,20). The Labute approximate surface area is 128 Å². The molecular formula is C17H28FN3. The molecule has 21 heavy (non-hydrogen) atoms. The molecule has 0 aromatic heterocycles. The molecule has 1 aromatic rings. The van der Waals surface area contributed by atoms with Gasteiger partial charge in [0.15, 0.2) is 5.96 Å². The number of hydrogen-bond acceptors (Lipinski definition) is 1. The van der Waals surface area contributed by atoms with Crippen LogP contribution >= 0.6 is 0 Å². The van der Waals surface area contributed by atoms with E-state index in [-0.39, 0.29) is 11.2 Å². The minimum absolute atomic E-state index is 0.154. The molecule has 0 heterocycles. The number of rotatable bonds is 6. The topological polar surface area (TPSA) is 27.6 Å². The molecule has 0 radical (unpaired) electrons. The number of nitrogens with zero attached hydrogens (tertiary/aromatic N) is 2. The second kappa shape index (κ2) is 8.01. The summed E-state index contributed by atoms with van der Waals surface area (Å²) in [4.78, 5) is 6.41. The van der Waals surface area contributed by atoms with E-state index in [2.05, 4.69) is 22.1 Å². The summed E-state index contributed by atoms with van der Waals surface area (Å²) in [5.74, 6) is 0.700. The van der Waals surface area contributed by atoms with Crippen LogP contribution < -0.4 is 5.32 Å². The maximum absolute atomic E-state index is 13.9. The molecule has 0 unspecified atom stereocenters. The number of aliphatic imine (C=N–C) groups is 1. The number of benzene rings is 1. The fourth-order valence-corrected chi connectivity index (χ4v) is 2.29. The van der Waals surface area contributed by atoms with E-state index in [4.69, 9.17) is 0 Å². The average molecular weight is 293 g/mol. The first kappa shape index (κ1) is 17.5. The molecule has 0 aliphatic rings. The molecule has 4 heteroatoms. The van der Waals surface area contributed by atoms with Crippen molar-refractivity contribution in [2.24, 2.45) is 4.99 Å². The zero-order chi connectivity index (χ0) is 15.9. The Kier molecular flexibility index (Phi) is 6.66. The van der Waals surface area contributed by atoms with Gasteiger partial charge in [0.25, 0.3) is 0 Å². The van der Waals surface area contributed by atoms with Crippen molar-refractivity contribution in [2.45, 2.75) is 39.0 Å². The molecule has 0 spiro atoms. The lowest BCUT2D eigenvalue weighted by atomic mass is 9.84. The smallest absolute Gasteiger partial charge is 0.193 e. The average Bonchev–Trinajstić information content (AvgIpc) is 2.45. The SMILES string of the molecule is CCCCN(C)C(=NC)NCC(C)(C)c1ccccc1F. The second-order valence-corrected chi connectivity index (χ2v) is 6.04. The molecule has 3 nitrogen and oxygen atoms in total. The summed E-state index contributed by atoms with van der Waals surface area (Å²) in [5.41, 5.74) is 0.427. The normalized spacial score (nSPS) is 12.4. The molecule has 0 saturated heterocycles. The van der Waals surface area contributed by atoms with Gasteiger partial charge in [-0.05, 0) is 18.1 Å². The molecule has 1 aromatic carbocycles. The predicted molar refractivity (Wildman–Crippen MR) is 88.3 cm³/mol. The quantitative estimate of drug-likeness (QED) is 0.643. The first-order valence-corrected chi connectivity index (χ1v) is 7.59. The Hall–Kier alpha value is -1.58. The van der Waals surface area contributed by atoms with Crippen LogP contribution in [0.5, 0.6) is 0 Å². The van der Waals surface area contributed by atoms with Crippen molar-refractivity contribution in [2.75, 3.05) is 27.2 Å². The Bertz CT molecular complexity index is 469. The van der Waals surface area contributed by atoms with Crippen molar-refractivity contribution < 1.29 is 4.39 Å². The van der Waals surface area contributed by atoms with E-state index in [9.17, 15) is 4.39 Å². The highest BCUT2D eigenvalue weighted by molar-refractivity contribution is 5.79. The summed E-state index contributed by atoms with van der Waals surface area (Å²) in [5, 5.41) is 3.35. The minimum atomic E-state index is -0.299. The molecule has 0 aliphatic carbocycles. The largest absolute Gasteiger partial charge is 0.355 e. The van der Waals surface area contributed by atoms with Crippen LogP contribution in [0.1, 0.15) is 39.2 Å². The van der Waals surface area contributed by atoms with Gasteiger partial charge in [0.05, 0.1) is 0 Å².